The van der Waals surface area contributed by atoms with Crippen molar-refractivity contribution in [3.8, 4) is 34.1 Å². The molecule has 0 saturated carbocycles. The molecule has 0 amide bonds. The minimum Gasteiger partial charge on any atom is -0.489 e. The van der Waals surface area contributed by atoms with Gasteiger partial charge in [0, 0.05) is 55.0 Å². The molecule has 2 N–H and O–H groups in total. The SMILES string of the molecule is COCCOc1c(C#N)cccc1-c1ccc2ncc(-c3cc(C)cc(F)c3)c(N3CCC(=N)[C@@H](O)C3)c2c1. The van der Waals surface area contributed by atoms with Crippen molar-refractivity contribution in [1.82, 2.24) is 4.98 Å². The number of aromatic nitrogens is 1. The first-order valence-corrected chi connectivity index (χ1v) is 12.8. The molecule has 0 radical (unpaired) electrons. The van der Waals surface area contributed by atoms with Gasteiger partial charge in [-0.05, 0) is 53.9 Å². The average molecular weight is 525 g/mol. The summed E-state index contributed by atoms with van der Waals surface area (Å²) in [5.74, 6) is 0.140. The van der Waals surface area contributed by atoms with Gasteiger partial charge in [0.15, 0.2) is 0 Å². The lowest BCUT2D eigenvalue weighted by Crippen LogP contribution is -2.44. The fourth-order valence-electron chi connectivity index (χ4n) is 5.06. The van der Waals surface area contributed by atoms with E-state index in [1.54, 1.807) is 19.4 Å². The number of nitrogens with zero attached hydrogens (tertiary/aromatic N) is 3. The number of anilines is 1. The van der Waals surface area contributed by atoms with Crippen LogP contribution in [0.3, 0.4) is 0 Å². The number of hydrogen-bond donors (Lipinski definition) is 2. The van der Waals surface area contributed by atoms with Crippen molar-refractivity contribution in [2.45, 2.75) is 19.4 Å². The van der Waals surface area contributed by atoms with Crippen molar-refractivity contribution in [3.63, 3.8) is 0 Å². The molecule has 1 aromatic heterocycles. The predicted molar refractivity (Wildman–Crippen MR) is 150 cm³/mol. The van der Waals surface area contributed by atoms with Gasteiger partial charge in [0.25, 0.3) is 0 Å². The smallest absolute Gasteiger partial charge is 0.144 e. The number of para-hydroxylation sites is 1. The molecule has 5 rings (SSSR count). The van der Waals surface area contributed by atoms with E-state index in [0.29, 0.717) is 48.8 Å². The molecule has 198 valence electrons. The van der Waals surface area contributed by atoms with Crippen LogP contribution in [0.2, 0.25) is 0 Å². The van der Waals surface area contributed by atoms with Crippen molar-refractivity contribution in [2.75, 3.05) is 38.3 Å². The van der Waals surface area contributed by atoms with Gasteiger partial charge in [-0.3, -0.25) is 4.98 Å². The molecule has 0 spiro atoms. The number of piperidine rings is 1. The van der Waals surface area contributed by atoms with E-state index < -0.39 is 6.10 Å². The van der Waals surface area contributed by atoms with Gasteiger partial charge < -0.3 is 24.9 Å². The number of hydrogen-bond acceptors (Lipinski definition) is 7. The standard InChI is InChI=1S/C31H29FN4O3/c1-19-12-22(14-23(32)13-19)26-17-35-28-7-6-20(15-25(28)30(26)36-9-8-27(34)29(37)18-36)24-5-3-4-21(16-33)31(24)39-11-10-38-2/h3-7,12-15,17,29,34,37H,8-11,18H2,1-2H3/t29-/m0/s1. The normalized spacial score (nSPS) is 15.4. The molecular weight excluding hydrogens is 495 g/mol. The maximum absolute atomic E-state index is 14.5. The number of ether oxygens (including phenoxy) is 2. The number of aliphatic hydroxyl groups is 1. The van der Waals surface area contributed by atoms with Gasteiger partial charge in [0.1, 0.15) is 30.3 Å². The fourth-order valence-corrected chi connectivity index (χ4v) is 5.06. The Hall–Kier alpha value is -4.32. The largest absolute Gasteiger partial charge is 0.489 e. The molecule has 1 aliphatic heterocycles. The minimum atomic E-state index is -0.889. The summed E-state index contributed by atoms with van der Waals surface area (Å²) in [6, 6.07) is 18.4. The van der Waals surface area contributed by atoms with E-state index in [2.05, 4.69) is 6.07 Å². The number of nitrogens with one attached hydrogen (secondary N) is 1. The van der Waals surface area contributed by atoms with Crippen LogP contribution in [-0.4, -0.2) is 55.3 Å². The topological polar surface area (TPSA) is 102 Å². The van der Waals surface area contributed by atoms with Crippen LogP contribution < -0.4 is 9.64 Å². The third kappa shape index (κ3) is 5.32. The number of halogens is 1. The van der Waals surface area contributed by atoms with E-state index in [0.717, 1.165) is 38.8 Å². The Morgan fingerprint density at radius 3 is 2.72 bits per heavy atom. The van der Waals surface area contributed by atoms with E-state index in [9.17, 15) is 14.8 Å². The van der Waals surface area contributed by atoms with Gasteiger partial charge in [0.05, 0.1) is 23.4 Å². The first-order valence-electron chi connectivity index (χ1n) is 12.8. The highest BCUT2D eigenvalue weighted by molar-refractivity contribution is 6.03. The highest BCUT2D eigenvalue weighted by atomic mass is 19.1. The van der Waals surface area contributed by atoms with Crippen molar-refractivity contribution < 1.29 is 19.0 Å². The Morgan fingerprint density at radius 2 is 1.97 bits per heavy atom. The van der Waals surface area contributed by atoms with E-state index in [1.807, 2.05) is 48.2 Å². The van der Waals surface area contributed by atoms with Gasteiger partial charge in [-0.1, -0.05) is 24.3 Å². The maximum atomic E-state index is 14.5. The highest BCUT2D eigenvalue weighted by Crippen LogP contribution is 2.41. The first kappa shape index (κ1) is 26.3. The van der Waals surface area contributed by atoms with E-state index >= 15 is 0 Å². The van der Waals surface area contributed by atoms with Gasteiger partial charge in [-0.15, -0.1) is 0 Å². The van der Waals surface area contributed by atoms with Crippen LogP contribution in [0.15, 0.2) is 60.8 Å². The van der Waals surface area contributed by atoms with Crippen LogP contribution in [-0.2, 0) is 4.74 Å². The van der Waals surface area contributed by atoms with E-state index in [1.165, 1.54) is 12.1 Å². The summed E-state index contributed by atoms with van der Waals surface area (Å²) in [4.78, 5) is 6.75. The molecular formula is C31H29FN4O3. The zero-order chi connectivity index (χ0) is 27.5. The van der Waals surface area contributed by atoms with Crippen molar-refractivity contribution in [2.24, 2.45) is 0 Å². The third-order valence-electron chi connectivity index (χ3n) is 6.94. The summed E-state index contributed by atoms with van der Waals surface area (Å²) in [6.07, 6.45) is 1.28. The molecule has 0 unspecified atom stereocenters. The molecule has 8 heteroatoms. The maximum Gasteiger partial charge on any atom is 0.144 e. The molecule has 2 heterocycles. The van der Waals surface area contributed by atoms with E-state index in [4.69, 9.17) is 19.9 Å². The van der Waals surface area contributed by atoms with Gasteiger partial charge in [-0.25, -0.2) is 4.39 Å². The number of benzene rings is 3. The van der Waals surface area contributed by atoms with Crippen molar-refractivity contribution in [3.05, 3.63) is 77.7 Å². The molecule has 7 nitrogen and oxygen atoms in total. The van der Waals surface area contributed by atoms with Gasteiger partial charge >= 0.3 is 0 Å². The number of β-amino-alcohol motifs (C(OH)–C–C–N with tert-alkyl or cyclic N) is 1. The Morgan fingerprint density at radius 1 is 1.13 bits per heavy atom. The van der Waals surface area contributed by atoms with Crippen LogP contribution in [0, 0.1) is 29.5 Å². The van der Waals surface area contributed by atoms with Gasteiger partial charge in [0.2, 0.25) is 0 Å². The highest BCUT2D eigenvalue weighted by Gasteiger charge is 2.27. The Bertz CT molecular complexity index is 1580. The number of rotatable bonds is 7. The molecule has 4 aromatic rings. The van der Waals surface area contributed by atoms with Crippen LogP contribution in [0.4, 0.5) is 10.1 Å². The minimum absolute atomic E-state index is 0.249. The molecule has 3 aromatic carbocycles. The molecule has 1 aliphatic rings. The van der Waals surface area contributed by atoms with Crippen molar-refractivity contribution >= 4 is 22.3 Å². The lowest BCUT2D eigenvalue weighted by Gasteiger charge is -2.34. The molecule has 39 heavy (non-hydrogen) atoms. The zero-order valence-corrected chi connectivity index (χ0v) is 21.9. The quantitative estimate of drug-likeness (QED) is 0.309. The second kappa shape index (κ2) is 11.2. The summed E-state index contributed by atoms with van der Waals surface area (Å²) < 4.78 is 25.6. The Labute approximate surface area is 226 Å². The van der Waals surface area contributed by atoms with Crippen LogP contribution >= 0.6 is 0 Å². The number of fused-ring (bicyclic) bond motifs is 1. The molecule has 0 bridgehead atoms. The Kier molecular flexibility index (Phi) is 7.55. The number of aliphatic hydroxyl groups excluding tert-OH is 1. The summed E-state index contributed by atoms with van der Waals surface area (Å²) in [5, 5.41) is 29.2. The summed E-state index contributed by atoms with van der Waals surface area (Å²) in [6.45, 7) is 3.31. The Balaban J connectivity index is 1.73. The second-order valence-corrected chi connectivity index (χ2v) is 9.64. The predicted octanol–water partition coefficient (Wildman–Crippen LogP) is 5.50. The summed E-state index contributed by atoms with van der Waals surface area (Å²) in [5.41, 5.74) is 6.08. The molecule has 1 fully saturated rings. The monoisotopic (exact) mass is 524 g/mol. The lowest BCUT2D eigenvalue weighted by atomic mass is 9.95. The molecule has 1 atom stereocenters. The van der Waals surface area contributed by atoms with Gasteiger partial charge in [-0.2, -0.15) is 5.26 Å². The number of nitriles is 1. The lowest BCUT2D eigenvalue weighted by molar-refractivity contribution is 0.146. The number of pyridine rings is 1. The van der Waals surface area contributed by atoms with Crippen LogP contribution in [0.5, 0.6) is 5.75 Å². The summed E-state index contributed by atoms with van der Waals surface area (Å²) >= 11 is 0. The molecule has 0 aliphatic carbocycles. The zero-order valence-electron chi connectivity index (χ0n) is 21.9. The molecule has 1 saturated heterocycles. The number of aryl methyl sites for hydroxylation is 1. The summed E-state index contributed by atoms with van der Waals surface area (Å²) in [7, 11) is 1.59. The van der Waals surface area contributed by atoms with E-state index in [-0.39, 0.29) is 12.4 Å². The first-order chi connectivity index (χ1) is 18.9. The fraction of sp³-hybridized carbons (Fsp3) is 0.258. The van der Waals surface area contributed by atoms with Crippen molar-refractivity contribution in [1.29, 1.82) is 10.7 Å². The average Bonchev–Trinajstić information content (AvgIpc) is 2.93. The number of methoxy groups -OCH3 is 1. The van der Waals surface area contributed by atoms with Crippen LogP contribution in [0.1, 0.15) is 17.5 Å². The third-order valence-corrected chi connectivity index (χ3v) is 6.94. The second-order valence-electron chi connectivity index (χ2n) is 9.64. The van der Waals surface area contributed by atoms with Crippen LogP contribution in [0.25, 0.3) is 33.2 Å².